The van der Waals surface area contributed by atoms with Crippen LogP contribution in [0.15, 0.2) is 83.3 Å². The van der Waals surface area contributed by atoms with Gasteiger partial charge in [0.2, 0.25) is 0 Å². The van der Waals surface area contributed by atoms with E-state index in [2.05, 4.69) is 66.1 Å². The molecular formula is C28H20N2O. The van der Waals surface area contributed by atoms with Crippen molar-refractivity contribution in [3.8, 4) is 11.8 Å². The van der Waals surface area contributed by atoms with E-state index in [9.17, 15) is 5.26 Å². The van der Waals surface area contributed by atoms with Gasteiger partial charge in [0, 0.05) is 27.2 Å². The molecule has 3 heteroatoms. The molecule has 0 unspecified atom stereocenters. The summed E-state index contributed by atoms with van der Waals surface area (Å²) in [6.07, 6.45) is 2.16. The molecule has 0 aliphatic carbocycles. The molecule has 4 aromatic carbocycles. The minimum Gasteiger partial charge on any atom is -0.456 e. The molecule has 31 heavy (non-hydrogen) atoms. The fourth-order valence-corrected chi connectivity index (χ4v) is 4.72. The predicted molar refractivity (Wildman–Crippen MR) is 127 cm³/mol. The number of hydrogen-bond donors (Lipinski definition) is 0. The summed E-state index contributed by atoms with van der Waals surface area (Å²) in [6.45, 7) is 2.20. The van der Waals surface area contributed by atoms with Gasteiger partial charge in [-0.1, -0.05) is 37.6 Å². The van der Waals surface area contributed by atoms with Gasteiger partial charge in [0.25, 0.3) is 0 Å². The van der Waals surface area contributed by atoms with Crippen LogP contribution in [0.3, 0.4) is 0 Å². The number of para-hydroxylation sites is 1. The second-order valence-corrected chi connectivity index (χ2v) is 8.06. The van der Waals surface area contributed by atoms with E-state index < -0.39 is 0 Å². The van der Waals surface area contributed by atoms with Gasteiger partial charge in [-0.25, -0.2) is 0 Å². The lowest BCUT2D eigenvalue weighted by atomic mass is 10.1. The maximum absolute atomic E-state index is 9.46. The summed E-state index contributed by atoms with van der Waals surface area (Å²) in [4.78, 5) is 0. The van der Waals surface area contributed by atoms with Gasteiger partial charge in [-0.3, -0.25) is 0 Å². The van der Waals surface area contributed by atoms with Crippen LogP contribution in [0.25, 0.3) is 49.4 Å². The van der Waals surface area contributed by atoms with Crippen molar-refractivity contribution >= 4 is 43.7 Å². The molecule has 0 fully saturated rings. The molecule has 0 aliphatic rings. The highest BCUT2D eigenvalue weighted by Gasteiger charge is 2.15. The number of benzene rings is 4. The Balaban J connectivity index is 1.69. The monoisotopic (exact) mass is 400 g/mol. The molecule has 0 amide bonds. The minimum atomic E-state index is 0.684. The second-order valence-electron chi connectivity index (χ2n) is 8.06. The van der Waals surface area contributed by atoms with E-state index in [0.29, 0.717) is 5.56 Å². The molecular weight excluding hydrogens is 380 g/mol. The Morgan fingerprint density at radius 2 is 1.55 bits per heavy atom. The number of furan rings is 1. The molecule has 6 rings (SSSR count). The number of aromatic nitrogens is 1. The number of hydrogen-bond acceptors (Lipinski definition) is 2. The number of rotatable bonds is 3. The fraction of sp³-hybridized carbons (Fsp3) is 0.107. The molecule has 0 atom stereocenters. The Morgan fingerprint density at radius 3 is 2.39 bits per heavy atom. The van der Waals surface area contributed by atoms with Crippen molar-refractivity contribution < 1.29 is 4.42 Å². The van der Waals surface area contributed by atoms with Gasteiger partial charge in [-0.05, 0) is 66.6 Å². The van der Waals surface area contributed by atoms with Gasteiger partial charge in [0.15, 0.2) is 0 Å². The molecule has 148 valence electrons. The predicted octanol–water partition coefficient (Wildman–Crippen LogP) is 7.51. The lowest BCUT2D eigenvalue weighted by Gasteiger charge is -2.08. The third kappa shape index (κ3) is 2.65. The largest absolute Gasteiger partial charge is 0.456 e. The summed E-state index contributed by atoms with van der Waals surface area (Å²) in [5.74, 6) is 0. The Kier molecular flexibility index (Phi) is 3.88. The van der Waals surface area contributed by atoms with Crippen LogP contribution in [0.4, 0.5) is 0 Å². The smallest absolute Gasteiger partial charge is 0.135 e. The van der Waals surface area contributed by atoms with Crippen molar-refractivity contribution in [2.75, 3.05) is 0 Å². The minimum absolute atomic E-state index is 0.684. The van der Waals surface area contributed by atoms with Crippen molar-refractivity contribution in [3.05, 3.63) is 90.0 Å². The van der Waals surface area contributed by atoms with Gasteiger partial charge in [-0.15, -0.1) is 0 Å². The fourth-order valence-electron chi connectivity index (χ4n) is 4.72. The Hall–Kier alpha value is -4.03. The van der Waals surface area contributed by atoms with Crippen LogP contribution in [-0.4, -0.2) is 4.57 Å². The molecule has 0 N–H and O–H groups in total. The van der Waals surface area contributed by atoms with Crippen LogP contribution in [0.2, 0.25) is 0 Å². The summed E-state index contributed by atoms with van der Waals surface area (Å²) in [5.41, 5.74) is 7.15. The molecule has 0 spiro atoms. The summed E-state index contributed by atoms with van der Waals surface area (Å²) in [5, 5.41) is 14.0. The third-order valence-electron chi connectivity index (χ3n) is 6.12. The third-order valence-corrected chi connectivity index (χ3v) is 6.12. The van der Waals surface area contributed by atoms with Crippen LogP contribution in [0, 0.1) is 11.3 Å². The lowest BCUT2D eigenvalue weighted by molar-refractivity contribution is 0.669. The Bertz CT molecular complexity index is 1660. The van der Waals surface area contributed by atoms with E-state index in [-0.39, 0.29) is 0 Å². The van der Waals surface area contributed by atoms with Crippen LogP contribution in [0.1, 0.15) is 24.5 Å². The van der Waals surface area contributed by atoms with Crippen LogP contribution in [-0.2, 0) is 6.42 Å². The summed E-state index contributed by atoms with van der Waals surface area (Å²) in [6, 6.07) is 29.5. The SMILES string of the molecule is CCCc1ccc2c(c1)c1cc(C#N)ccc1n2-c1ccc2oc3ccccc3c2c1. The summed E-state index contributed by atoms with van der Waals surface area (Å²) >= 11 is 0. The molecule has 0 saturated heterocycles. The number of fused-ring (bicyclic) bond motifs is 6. The lowest BCUT2D eigenvalue weighted by Crippen LogP contribution is -1.94. The average Bonchev–Trinajstić information content (AvgIpc) is 3.33. The van der Waals surface area contributed by atoms with Crippen molar-refractivity contribution in [3.63, 3.8) is 0 Å². The number of nitrogens with zero attached hydrogens (tertiary/aromatic N) is 2. The molecule has 2 aromatic heterocycles. The maximum Gasteiger partial charge on any atom is 0.135 e. The van der Waals surface area contributed by atoms with Crippen LogP contribution in [0.5, 0.6) is 0 Å². The molecule has 3 nitrogen and oxygen atoms in total. The highest BCUT2D eigenvalue weighted by Crippen LogP contribution is 2.36. The van der Waals surface area contributed by atoms with Crippen molar-refractivity contribution in [1.82, 2.24) is 4.57 Å². The van der Waals surface area contributed by atoms with Gasteiger partial charge in [-0.2, -0.15) is 5.26 Å². The molecule has 0 bridgehead atoms. The number of nitriles is 1. The van der Waals surface area contributed by atoms with E-state index in [4.69, 9.17) is 4.42 Å². The van der Waals surface area contributed by atoms with Gasteiger partial charge in [0.1, 0.15) is 11.2 Å². The second kappa shape index (κ2) is 6.75. The summed E-state index contributed by atoms with van der Waals surface area (Å²) < 4.78 is 8.32. The number of aryl methyl sites for hydroxylation is 1. The van der Waals surface area contributed by atoms with Crippen molar-refractivity contribution in [1.29, 1.82) is 5.26 Å². The molecule has 0 saturated carbocycles. The first kappa shape index (κ1) is 17.8. The van der Waals surface area contributed by atoms with E-state index in [1.54, 1.807) is 0 Å². The average molecular weight is 400 g/mol. The Labute approximate surface area is 179 Å². The quantitative estimate of drug-likeness (QED) is 0.308. The van der Waals surface area contributed by atoms with Gasteiger partial charge < -0.3 is 8.98 Å². The van der Waals surface area contributed by atoms with Crippen LogP contribution >= 0.6 is 0 Å². The zero-order valence-corrected chi connectivity index (χ0v) is 17.2. The first-order valence-corrected chi connectivity index (χ1v) is 10.7. The zero-order valence-electron chi connectivity index (χ0n) is 17.2. The zero-order chi connectivity index (χ0) is 20.9. The Morgan fingerprint density at radius 1 is 0.774 bits per heavy atom. The molecule has 6 aromatic rings. The van der Waals surface area contributed by atoms with E-state index >= 15 is 0 Å². The first-order valence-electron chi connectivity index (χ1n) is 10.7. The van der Waals surface area contributed by atoms with Crippen LogP contribution < -0.4 is 0 Å². The van der Waals surface area contributed by atoms with Crippen molar-refractivity contribution in [2.24, 2.45) is 0 Å². The van der Waals surface area contributed by atoms with E-state index in [1.807, 2.05) is 30.3 Å². The maximum atomic E-state index is 9.46. The van der Waals surface area contributed by atoms with E-state index in [1.165, 1.54) is 10.9 Å². The van der Waals surface area contributed by atoms with Gasteiger partial charge in [0.05, 0.1) is 22.7 Å². The van der Waals surface area contributed by atoms with Crippen molar-refractivity contribution in [2.45, 2.75) is 19.8 Å². The van der Waals surface area contributed by atoms with Gasteiger partial charge >= 0.3 is 0 Å². The topological polar surface area (TPSA) is 41.9 Å². The highest BCUT2D eigenvalue weighted by molar-refractivity contribution is 6.11. The molecule has 2 heterocycles. The first-order chi connectivity index (χ1) is 15.3. The standard InChI is InChI=1S/C28H20N2O/c1-2-5-18-8-11-25-22(14-18)23-15-19(17-29)9-12-26(23)30(25)20-10-13-28-24(16-20)21-6-3-4-7-27(21)31-28/h3-4,6-16H,2,5H2,1H3. The molecule has 0 aliphatic heterocycles. The summed E-state index contributed by atoms with van der Waals surface area (Å²) in [7, 11) is 0. The highest BCUT2D eigenvalue weighted by atomic mass is 16.3. The van der Waals surface area contributed by atoms with E-state index in [0.717, 1.165) is 56.9 Å². The molecule has 0 radical (unpaired) electrons. The normalized spacial score (nSPS) is 11.6.